The average molecular weight is 313 g/mol. The van der Waals surface area contributed by atoms with E-state index in [-0.39, 0.29) is 0 Å². The fraction of sp³-hybridized carbons (Fsp3) is 0.368. The lowest BCUT2D eigenvalue weighted by Gasteiger charge is -2.36. The summed E-state index contributed by atoms with van der Waals surface area (Å²) in [6.07, 6.45) is 1.32. The molecule has 1 saturated heterocycles. The van der Waals surface area contributed by atoms with E-state index in [1.54, 1.807) is 0 Å². The van der Waals surface area contributed by atoms with Crippen molar-refractivity contribution in [2.75, 3.05) is 31.1 Å². The van der Waals surface area contributed by atoms with E-state index < -0.39 is 0 Å². The highest BCUT2D eigenvalue weighted by Crippen LogP contribution is 2.45. The topological polar surface area (TPSA) is 6.48 Å². The highest BCUT2D eigenvalue weighted by atomic mass is 35.5. The van der Waals surface area contributed by atoms with E-state index in [0.717, 1.165) is 43.2 Å². The standard InChI is InChI=1S/C19H21ClN2/c20-17-8-4-5-9-18(17)21-10-12-22(13-11-21)19-14-16(19)15-6-2-1-3-7-15/h1-9,16,19H,10-14H2/t16-,19+/m1/s1. The van der Waals surface area contributed by atoms with E-state index in [4.69, 9.17) is 11.6 Å². The molecule has 22 heavy (non-hydrogen) atoms. The van der Waals surface area contributed by atoms with Gasteiger partial charge in [0.25, 0.3) is 0 Å². The van der Waals surface area contributed by atoms with Crippen molar-refractivity contribution < 1.29 is 0 Å². The highest BCUT2D eigenvalue weighted by Gasteiger charge is 2.43. The molecular weight excluding hydrogens is 292 g/mol. The third-order valence-corrected chi connectivity index (χ3v) is 5.28. The Hall–Kier alpha value is -1.51. The maximum Gasteiger partial charge on any atom is 0.0639 e. The second kappa shape index (κ2) is 5.94. The normalized spacial score (nSPS) is 25.2. The van der Waals surface area contributed by atoms with Crippen LogP contribution in [0.15, 0.2) is 54.6 Å². The molecule has 2 fully saturated rings. The average Bonchev–Trinajstić information content (AvgIpc) is 3.37. The van der Waals surface area contributed by atoms with Gasteiger partial charge in [0, 0.05) is 38.1 Å². The van der Waals surface area contributed by atoms with Crippen LogP contribution >= 0.6 is 11.6 Å². The summed E-state index contributed by atoms with van der Waals surface area (Å²) in [6, 6.07) is 19.9. The van der Waals surface area contributed by atoms with Crippen LogP contribution in [0.4, 0.5) is 5.69 Å². The van der Waals surface area contributed by atoms with Crippen LogP contribution < -0.4 is 4.90 Å². The molecule has 3 heteroatoms. The van der Waals surface area contributed by atoms with Gasteiger partial charge in [-0.15, -0.1) is 0 Å². The molecule has 0 radical (unpaired) electrons. The Kier molecular flexibility index (Phi) is 3.81. The van der Waals surface area contributed by atoms with E-state index in [2.05, 4.69) is 52.3 Å². The molecular formula is C19H21ClN2. The van der Waals surface area contributed by atoms with Gasteiger partial charge in [0.2, 0.25) is 0 Å². The summed E-state index contributed by atoms with van der Waals surface area (Å²) in [6.45, 7) is 4.42. The minimum absolute atomic E-state index is 0.744. The maximum absolute atomic E-state index is 6.32. The molecule has 2 aliphatic rings. The molecule has 114 valence electrons. The summed E-state index contributed by atoms with van der Waals surface area (Å²) in [7, 11) is 0. The molecule has 0 spiro atoms. The molecule has 2 aromatic rings. The van der Waals surface area contributed by atoms with Crippen LogP contribution in [0.25, 0.3) is 0 Å². The Bertz CT molecular complexity index is 635. The van der Waals surface area contributed by atoms with Crippen molar-refractivity contribution in [1.82, 2.24) is 4.90 Å². The SMILES string of the molecule is Clc1ccccc1N1CCN([C@H]2C[C@@H]2c2ccccc2)CC1. The molecule has 1 aliphatic heterocycles. The molecule has 0 aromatic heterocycles. The summed E-state index contributed by atoms with van der Waals surface area (Å²) in [4.78, 5) is 5.07. The number of para-hydroxylation sites is 1. The number of benzene rings is 2. The first-order valence-electron chi connectivity index (χ1n) is 8.11. The lowest BCUT2D eigenvalue weighted by molar-refractivity contribution is 0.244. The van der Waals surface area contributed by atoms with E-state index in [1.807, 2.05) is 12.1 Å². The van der Waals surface area contributed by atoms with Crippen molar-refractivity contribution in [2.45, 2.75) is 18.4 Å². The Morgan fingerprint density at radius 2 is 1.50 bits per heavy atom. The number of piperazine rings is 1. The summed E-state index contributed by atoms with van der Waals surface area (Å²) >= 11 is 6.32. The summed E-state index contributed by atoms with van der Waals surface area (Å²) in [5.74, 6) is 0.744. The van der Waals surface area contributed by atoms with Gasteiger partial charge < -0.3 is 4.90 Å². The minimum Gasteiger partial charge on any atom is -0.368 e. The molecule has 0 bridgehead atoms. The summed E-state index contributed by atoms with van der Waals surface area (Å²) in [5.41, 5.74) is 2.68. The quantitative estimate of drug-likeness (QED) is 0.844. The molecule has 0 unspecified atom stereocenters. The van der Waals surface area contributed by atoms with E-state index in [0.29, 0.717) is 0 Å². The zero-order valence-electron chi connectivity index (χ0n) is 12.7. The van der Waals surface area contributed by atoms with Crippen molar-refractivity contribution in [2.24, 2.45) is 0 Å². The maximum atomic E-state index is 6.32. The monoisotopic (exact) mass is 312 g/mol. The summed E-state index contributed by atoms with van der Waals surface area (Å²) in [5, 5.41) is 0.865. The minimum atomic E-state index is 0.744. The van der Waals surface area contributed by atoms with Gasteiger partial charge >= 0.3 is 0 Å². The number of rotatable bonds is 3. The first-order valence-corrected chi connectivity index (χ1v) is 8.49. The molecule has 2 atom stereocenters. The van der Waals surface area contributed by atoms with E-state index in [9.17, 15) is 0 Å². The van der Waals surface area contributed by atoms with Crippen LogP contribution in [0.1, 0.15) is 17.9 Å². The van der Waals surface area contributed by atoms with Crippen LogP contribution in [-0.2, 0) is 0 Å². The van der Waals surface area contributed by atoms with Crippen molar-refractivity contribution in [3.8, 4) is 0 Å². The number of anilines is 1. The lowest BCUT2D eigenvalue weighted by atomic mass is 10.1. The van der Waals surface area contributed by atoms with Crippen LogP contribution in [-0.4, -0.2) is 37.1 Å². The van der Waals surface area contributed by atoms with Crippen molar-refractivity contribution in [3.05, 3.63) is 65.2 Å². The summed E-state index contributed by atoms with van der Waals surface area (Å²) < 4.78 is 0. The Morgan fingerprint density at radius 1 is 0.818 bits per heavy atom. The predicted octanol–water partition coefficient (Wildman–Crippen LogP) is 4.02. The van der Waals surface area contributed by atoms with Gasteiger partial charge in [-0.25, -0.2) is 0 Å². The van der Waals surface area contributed by atoms with Gasteiger partial charge in [-0.05, 0) is 24.1 Å². The van der Waals surface area contributed by atoms with Crippen molar-refractivity contribution in [3.63, 3.8) is 0 Å². The first-order chi connectivity index (χ1) is 10.8. The zero-order chi connectivity index (χ0) is 14.9. The van der Waals surface area contributed by atoms with Crippen molar-refractivity contribution in [1.29, 1.82) is 0 Å². The highest BCUT2D eigenvalue weighted by molar-refractivity contribution is 6.33. The van der Waals surface area contributed by atoms with Crippen LogP contribution in [0.2, 0.25) is 5.02 Å². The predicted molar refractivity (Wildman–Crippen MR) is 92.8 cm³/mol. The number of hydrogen-bond acceptors (Lipinski definition) is 2. The van der Waals surface area contributed by atoms with Gasteiger partial charge in [0.1, 0.15) is 0 Å². The lowest BCUT2D eigenvalue weighted by Crippen LogP contribution is -2.47. The molecule has 0 N–H and O–H groups in total. The smallest absolute Gasteiger partial charge is 0.0639 e. The molecule has 0 amide bonds. The van der Waals surface area contributed by atoms with Gasteiger partial charge in [-0.1, -0.05) is 54.1 Å². The fourth-order valence-electron chi connectivity index (χ4n) is 3.65. The Morgan fingerprint density at radius 3 is 2.23 bits per heavy atom. The van der Waals surface area contributed by atoms with Crippen LogP contribution in [0.5, 0.6) is 0 Å². The fourth-order valence-corrected chi connectivity index (χ4v) is 3.90. The number of nitrogens with zero attached hydrogens (tertiary/aromatic N) is 2. The molecule has 1 saturated carbocycles. The molecule has 4 rings (SSSR count). The number of halogens is 1. The van der Waals surface area contributed by atoms with Gasteiger partial charge in [-0.2, -0.15) is 0 Å². The second-order valence-electron chi connectivity index (χ2n) is 6.29. The number of hydrogen-bond donors (Lipinski definition) is 0. The third-order valence-electron chi connectivity index (χ3n) is 4.96. The van der Waals surface area contributed by atoms with Gasteiger partial charge in [0.05, 0.1) is 10.7 Å². The van der Waals surface area contributed by atoms with Gasteiger partial charge in [0.15, 0.2) is 0 Å². The largest absolute Gasteiger partial charge is 0.368 e. The molecule has 1 aliphatic carbocycles. The van der Waals surface area contributed by atoms with Crippen molar-refractivity contribution >= 4 is 17.3 Å². The third kappa shape index (κ3) is 2.73. The van der Waals surface area contributed by atoms with E-state index in [1.165, 1.54) is 17.7 Å². The zero-order valence-corrected chi connectivity index (χ0v) is 13.4. The Balaban J connectivity index is 1.37. The van der Waals surface area contributed by atoms with E-state index >= 15 is 0 Å². The molecule has 2 aromatic carbocycles. The molecule has 2 nitrogen and oxygen atoms in total. The van der Waals surface area contributed by atoms with Gasteiger partial charge in [-0.3, -0.25) is 4.90 Å². The second-order valence-corrected chi connectivity index (χ2v) is 6.70. The first kappa shape index (κ1) is 14.1. The van der Waals surface area contributed by atoms with Crippen LogP contribution in [0, 0.1) is 0 Å². The molecule has 1 heterocycles. The van der Waals surface area contributed by atoms with Crippen LogP contribution in [0.3, 0.4) is 0 Å². The Labute approximate surface area is 137 Å².